The summed E-state index contributed by atoms with van der Waals surface area (Å²) < 4.78 is 0. The number of rotatable bonds is 6. The number of hydrogen-bond donors (Lipinski definition) is 1. The van der Waals surface area contributed by atoms with Crippen LogP contribution < -0.4 is 0 Å². The van der Waals surface area contributed by atoms with Crippen LogP contribution in [0.1, 0.15) is 40.0 Å². The highest BCUT2D eigenvalue weighted by Crippen LogP contribution is 2.23. The third-order valence-corrected chi connectivity index (χ3v) is 4.61. The minimum atomic E-state index is -0.724. The Morgan fingerprint density at radius 3 is 2.26 bits per heavy atom. The van der Waals surface area contributed by atoms with Crippen molar-refractivity contribution >= 4 is 17.8 Å². The summed E-state index contributed by atoms with van der Waals surface area (Å²) in [6.07, 6.45) is 2.28. The van der Waals surface area contributed by atoms with Crippen molar-refractivity contribution in [1.29, 1.82) is 0 Å². The molecule has 1 aromatic rings. The minimum Gasteiger partial charge on any atom is -0.481 e. The van der Waals surface area contributed by atoms with E-state index < -0.39 is 5.97 Å². The summed E-state index contributed by atoms with van der Waals surface area (Å²) in [4.78, 5) is 38.8. The predicted molar refractivity (Wildman–Crippen MR) is 83.2 cm³/mol. The maximum Gasteiger partial charge on any atom is 0.307 e. The zero-order chi connectivity index (χ0) is 16.4. The standard InChI is InChI=1S/C17H20N2O4/c20-15-13-5-1-2-6-14(13)16(21)19(15)9-4-3-8-18-10-7-12(11-18)17(22)23/h1-2,5-6,12H,3-4,7-11H2,(H,22,23). The number of amides is 2. The highest BCUT2D eigenvalue weighted by atomic mass is 16.4. The number of aliphatic carboxylic acids is 1. The van der Waals surface area contributed by atoms with Crippen LogP contribution in [0.5, 0.6) is 0 Å². The van der Waals surface area contributed by atoms with Crippen LogP contribution in [-0.2, 0) is 4.79 Å². The van der Waals surface area contributed by atoms with Crippen molar-refractivity contribution in [2.45, 2.75) is 19.3 Å². The molecule has 1 atom stereocenters. The van der Waals surface area contributed by atoms with Gasteiger partial charge in [-0.1, -0.05) is 12.1 Å². The Kier molecular flexibility index (Phi) is 4.43. The quantitative estimate of drug-likeness (QED) is 0.635. The average Bonchev–Trinajstić information content (AvgIpc) is 3.11. The van der Waals surface area contributed by atoms with Crippen LogP contribution in [0.4, 0.5) is 0 Å². The first kappa shape index (κ1) is 15.7. The van der Waals surface area contributed by atoms with E-state index in [2.05, 4.69) is 4.90 Å². The second-order valence-electron chi connectivity index (χ2n) is 6.14. The maximum absolute atomic E-state index is 12.2. The monoisotopic (exact) mass is 316 g/mol. The van der Waals surface area contributed by atoms with E-state index in [0.29, 0.717) is 30.6 Å². The molecule has 0 aromatic heterocycles. The van der Waals surface area contributed by atoms with Gasteiger partial charge in [-0.25, -0.2) is 0 Å². The number of carboxylic acid groups (broad SMARTS) is 1. The predicted octanol–water partition coefficient (Wildman–Crippen LogP) is 1.47. The molecule has 6 heteroatoms. The molecule has 0 radical (unpaired) electrons. The molecule has 1 saturated heterocycles. The SMILES string of the molecule is O=C(O)C1CCN(CCCCN2C(=O)c3ccccc3C2=O)C1. The van der Waals surface area contributed by atoms with Gasteiger partial charge in [0.05, 0.1) is 17.0 Å². The molecule has 0 aliphatic carbocycles. The lowest BCUT2D eigenvalue weighted by atomic mass is 10.1. The molecule has 1 aromatic carbocycles. The van der Waals surface area contributed by atoms with Crippen molar-refractivity contribution in [2.75, 3.05) is 26.2 Å². The number of benzene rings is 1. The molecular weight excluding hydrogens is 296 g/mol. The summed E-state index contributed by atoms with van der Waals surface area (Å²) in [5.41, 5.74) is 0.975. The van der Waals surface area contributed by atoms with Crippen molar-refractivity contribution in [1.82, 2.24) is 9.80 Å². The number of carboxylic acids is 1. The van der Waals surface area contributed by atoms with Gasteiger partial charge >= 0.3 is 5.97 Å². The van der Waals surface area contributed by atoms with E-state index in [-0.39, 0.29) is 17.7 Å². The molecule has 2 aliphatic heterocycles. The van der Waals surface area contributed by atoms with Gasteiger partial charge in [-0.3, -0.25) is 19.3 Å². The van der Waals surface area contributed by atoms with Gasteiger partial charge in [-0.2, -0.15) is 0 Å². The lowest BCUT2D eigenvalue weighted by Crippen LogP contribution is -2.31. The Morgan fingerprint density at radius 1 is 1.09 bits per heavy atom. The van der Waals surface area contributed by atoms with Crippen molar-refractivity contribution in [3.63, 3.8) is 0 Å². The van der Waals surface area contributed by atoms with Gasteiger partial charge in [0.25, 0.3) is 11.8 Å². The molecule has 2 amide bonds. The largest absolute Gasteiger partial charge is 0.481 e. The first-order valence-electron chi connectivity index (χ1n) is 7.98. The maximum atomic E-state index is 12.2. The molecule has 1 fully saturated rings. The van der Waals surface area contributed by atoms with Crippen LogP contribution in [0.15, 0.2) is 24.3 Å². The van der Waals surface area contributed by atoms with E-state index in [1.165, 1.54) is 4.90 Å². The fourth-order valence-corrected chi connectivity index (χ4v) is 3.28. The number of hydrogen-bond acceptors (Lipinski definition) is 4. The van der Waals surface area contributed by atoms with Crippen molar-refractivity contribution in [2.24, 2.45) is 5.92 Å². The molecule has 1 unspecified atom stereocenters. The molecule has 0 saturated carbocycles. The third-order valence-electron chi connectivity index (χ3n) is 4.61. The van der Waals surface area contributed by atoms with Gasteiger partial charge < -0.3 is 10.0 Å². The molecule has 6 nitrogen and oxygen atoms in total. The number of imide groups is 1. The second kappa shape index (κ2) is 6.50. The summed E-state index contributed by atoms with van der Waals surface area (Å²) in [7, 11) is 0. The van der Waals surface area contributed by atoms with Gasteiger partial charge in [0.2, 0.25) is 0 Å². The van der Waals surface area contributed by atoms with Crippen LogP contribution in [0.2, 0.25) is 0 Å². The number of carbonyl (C=O) groups is 3. The van der Waals surface area contributed by atoms with Crippen LogP contribution in [-0.4, -0.2) is 58.9 Å². The summed E-state index contributed by atoms with van der Waals surface area (Å²) >= 11 is 0. The molecule has 2 heterocycles. The second-order valence-corrected chi connectivity index (χ2v) is 6.14. The van der Waals surface area contributed by atoms with E-state index in [1.807, 2.05) is 0 Å². The Labute approximate surface area is 134 Å². The average molecular weight is 316 g/mol. The summed E-state index contributed by atoms with van der Waals surface area (Å²) in [6, 6.07) is 6.90. The number of nitrogens with zero attached hydrogens (tertiary/aromatic N) is 2. The first-order chi connectivity index (χ1) is 11.1. The van der Waals surface area contributed by atoms with Crippen LogP contribution in [0.3, 0.4) is 0 Å². The molecule has 0 bridgehead atoms. The van der Waals surface area contributed by atoms with Gasteiger partial charge in [-0.05, 0) is 44.5 Å². The fraction of sp³-hybridized carbons (Fsp3) is 0.471. The van der Waals surface area contributed by atoms with Crippen LogP contribution in [0, 0.1) is 5.92 Å². The van der Waals surface area contributed by atoms with Crippen LogP contribution in [0.25, 0.3) is 0 Å². The fourth-order valence-electron chi connectivity index (χ4n) is 3.28. The Balaban J connectivity index is 1.45. The molecule has 3 rings (SSSR count). The molecule has 122 valence electrons. The number of unbranched alkanes of at least 4 members (excludes halogenated alkanes) is 1. The minimum absolute atomic E-state index is 0.210. The van der Waals surface area contributed by atoms with Crippen molar-refractivity contribution < 1.29 is 19.5 Å². The highest BCUT2D eigenvalue weighted by molar-refractivity contribution is 6.21. The number of likely N-dealkylation sites (tertiary alicyclic amines) is 1. The normalized spacial score (nSPS) is 21.0. The Hall–Kier alpha value is -2.21. The van der Waals surface area contributed by atoms with Gasteiger partial charge in [0.15, 0.2) is 0 Å². The van der Waals surface area contributed by atoms with Crippen molar-refractivity contribution in [3.8, 4) is 0 Å². The first-order valence-corrected chi connectivity index (χ1v) is 7.98. The number of fused-ring (bicyclic) bond motifs is 1. The Bertz CT molecular complexity index is 608. The number of carbonyl (C=O) groups excluding carboxylic acids is 2. The van der Waals surface area contributed by atoms with E-state index in [0.717, 1.165) is 25.9 Å². The van der Waals surface area contributed by atoms with Crippen molar-refractivity contribution in [3.05, 3.63) is 35.4 Å². The summed E-state index contributed by atoms with van der Waals surface area (Å²) in [6.45, 7) is 2.64. The zero-order valence-electron chi connectivity index (χ0n) is 12.9. The third kappa shape index (κ3) is 3.12. The van der Waals surface area contributed by atoms with E-state index in [1.54, 1.807) is 24.3 Å². The van der Waals surface area contributed by atoms with E-state index in [9.17, 15) is 14.4 Å². The summed E-state index contributed by atoms with van der Waals surface area (Å²) in [5.74, 6) is -1.40. The topological polar surface area (TPSA) is 77.9 Å². The lowest BCUT2D eigenvalue weighted by molar-refractivity contribution is -0.141. The zero-order valence-corrected chi connectivity index (χ0v) is 12.9. The lowest BCUT2D eigenvalue weighted by Gasteiger charge is -2.17. The van der Waals surface area contributed by atoms with Crippen LogP contribution >= 0.6 is 0 Å². The van der Waals surface area contributed by atoms with E-state index >= 15 is 0 Å². The van der Waals surface area contributed by atoms with Gasteiger partial charge in [0.1, 0.15) is 0 Å². The molecule has 1 N–H and O–H groups in total. The molecule has 23 heavy (non-hydrogen) atoms. The molecular formula is C17H20N2O4. The highest BCUT2D eigenvalue weighted by Gasteiger charge is 2.34. The van der Waals surface area contributed by atoms with Gasteiger partial charge in [-0.15, -0.1) is 0 Å². The Morgan fingerprint density at radius 2 is 1.70 bits per heavy atom. The smallest absolute Gasteiger partial charge is 0.307 e. The van der Waals surface area contributed by atoms with E-state index in [4.69, 9.17) is 5.11 Å². The molecule has 0 spiro atoms. The summed E-state index contributed by atoms with van der Waals surface area (Å²) in [5, 5.41) is 8.98. The molecule has 2 aliphatic rings. The van der Waals surface area contributed by atoms with Gasteiger partial charge in [0, 0.05) is 13.1 Å².